The summed E-state index contributed by atoms with van der Waals surface area (Å²) in [6.07, 6.45) is 5.12. The van der Waals surface area contributed by atoms with Crippen molar-refractivity contribution >= 4 is 5.91 Å². The van der Waals surface area contributed by atoms with E-state index < -0.39 is 0 Å². The van der Waals surface area contributed by atoms with E-state index in [0.717, 1.165) is 57.3 Å². The normalized spacial score (nSPS) is 22.5. The highest BCUT2D eigenvalue weighted by Crippen LogP contribution is 2.24. The summed E-state index contributed by atoms with van der Waals surface area (Å²) < 4.78 is 0. The Labute approximate surface area is 126 Å². The second-order valence-corrected chi connectivity index (χ2v) is 6.05. The predicted octanol–water partition coefficient (Wildman–Crippen LogP) is 1.71. The molecule has 0 aliphatic carbocycles. The number of aliphatic hydroxyl groups excluding tert-OH is 1. The summed E-state index contributed by atoms with van der Waals surface area (Å²) in [6, 6.07) is 6.01. The quantitative estimate of drug-likeness (QED) is 0.871. The molecule has 1 unspecified atom stereocenters. The highest BCUT2D eigenvalue weighted by molar-refractivity contribution is 5.96. The van der Waals surface area contributed by atoms with Crippen LogP contribution in [0.1, 0.15) is 47.2 Å². The molecule has 0 bridgehead atoms. The predicted molar refractivity (Wildman–Crippen MR) is 82.2 cm³/mol. The summed E-state index contributed by atoms with van der Waals surface area (Å²) >= 11 is 0. The zero-order valence-corrected chi connectivity index (χ0v) is 12.5. The molecule has 0 saturated carbocycles. The molecule has 0 radical (unpaired) electrons. The fourth-order valence-corrected chi connectivity index (χ4v) is 3.52. The SMILES string of the molecule is O=C(c1cccc2c1CCNC2)N1CCCCCC1CO. The first-order valence-corrected chi connectivity index (χ1v) is 8.04. The van der Waals surface area contributed by atoms with Crippen molar-refractivity contribution < 1.29 is 9.90 Å². The fourth-order valence-electron chi connectivity index (χ4n) is 3.52. The molecule has 114 valence electrons. The minimum atomic E-state index is -0.0161. The van der Waals surface area contributed by atoms with Gasteiger partial charge in [0.25, 0.3) is 5.91 Å². The van der Waals surface area contributed by atoms with Crippen LogP contribution in [0.15, 0.2) is 18.2 Å². The van der Waals surface area contributed by atoms with E-state index >= 15 is 0 Å². The molecule has 1 amide bonds. The minimum Gasteiger partial charge on any atom is -0.394 e. The Morgan fingerprint density at radius 3 is 3.10 bits per heavy atom. The van der Waals surface area contributed by atoms with Gasteiger partial charge in [-0.3, -0.25) is 4.79 Å². The van der Waals surface area contributed by atoms with E-state index in [0.29, 0.717) is 0 Å². The first kappa shape index (κ1) is 14.5. The molecule has 1 aromatic rings. The van der Waals surface area contributed by atoms with E-state index in [1.807, 2.05) is 17.0 Å². The van der Waals surface area contributed by atoms with Crippen LogP contribution in [0.25, 0.3) is 0 Å². The molecular formula is C17H24N2O2. The first-order valence-electron chi connectivity index (χ1n) is 8.04. The van der Waals surface area contributed by atoms with Crippen LogP contribution in [0.5, 0.6) is 0 Å². The average Bonchev–Trinajstić information content (AvgIpc) is 2.79. The number of rotatable bonds is 2. The molecule has 1 saturated heterocycles. The van der Waals surface area contributed by atoms with Crippen LogP contribution < -0.4 is 5.32 Å². The van der Waals surface area contributed by atoms with Gasteiger partial charge in [-0.15, -0.1) is 0 Å². The second-order valence-electron chi connectivity index (χ2n) is 6.05. The lowest BCUT2D eigenvalue weighted by molar-refractivity contribution is 0.0598. The lowest BCUT2D eigenvalue weighted by atomic mass is 9.94. The zero-order chi connectivity index (χ0) is 14.7. The summed E-state index contributed by atoms with van der Waals surface area (Å²) in [4.78, 5) is 14.9. The molecule has 1 aromatic carbocycles. The molecule has 4 heteroatoms. The first-order chi connectivity index (χ1) is 10.3. The summed E-state index contributed by atoms with van der Waals surface area (Å²) in [5.74, 6) is 0.106. The summed E-state index contributed by atoms with van der Waals surface area (Å²) in [5, 5.41) is 13.0. The van der Waals surface area contributed by atoms with Crippen molar-refractivity contribution in [3.63, 3.8) is 0 Å². The van der Waals surface area contributed by atoms with E-state index in [9.17, 15) is 9.90 Å². The van der Waals surface area contributed by atoms with Gasteiger partial charge >= 0.3 is 0 Å². The van der Waals surface area contributed by atoms with Gasteiger partial charge in [-0.25, -0.2) is 0 Å². The molecule has 4 nitrogen and oxygen atoms in total. The van der Waals surface area contributed by atoms with E-state index in [1.165, 1.54) is 11.1 Å². The fraction of sp³-hybridized carbons (Fsp3) is 0.588. The number of fused-ring (bicyclic) bond motifs is 1. The van der Waals surface area contributed by atoms with Crippen LogP contribution in [-0.2, 0) is 13.0 Å². The highest BCUT2D eigenvalue weighted by Gasteiger charge is 2.28. The van der Waals surface area contributed by atoms with Gasteiger partial charge in [-0.2, -0.15) is 0 Å². The number of nitrogens with zero attached hydrogens (tertiary/aromatic N) is 1. The third-order valence-corrected chi connectivity index (χ3v) is 4.72. The van der Waals surface area contributed by atoms with E-state index in [1.54, 1.807) is 0 Å². The molecule has 0 aromatic heterocycles. The molecule has 1 fully saturated rings. The highest BCUT2D eigenvalue weighted by atomic mass is 16.3. The lowest BCUT2D eigenvalue weighted by Gasteiger charge is -2.30. The van der Waals surface area contributed by atoms with Crippen LogP contribution in [0.4, 0.5) is 0 Å². The Morgan fingerprint density at radius 2 is 2.24 bits per heavy atom. The van der Waals surface area contributed by atoms with Crippen molar-refractivity contribution in [2.75, 3.05) is 19.7 Å². The molecule has 2 N–H and O–H groups in total. The molecule has 3 rings (SSSR count). The van der Waals surface area contributed by atoms with Crippen LogP contribution in [0.3, 0.4) is 0 Å². The molecule has 21 heavy (non-hydrogen) atoms. The van der Waals surface area contributed by atoms with Crippen molar-refractivity contribution in [3.05, 3.63) is 34.9 Å². The largest absolute Gasteiger partial charge is 0.394 e. The molecule has 2 aliphatic heterocycles. The summed E-state index contributed by atoms with van der Waals surface area (Å²) in [7, 11) is 0. The average molecular weight is 288 g/mol. The monoisotopic (exact) mass is 288 g/mol. The number of nitrogens with one attached hydrogen (secondary N) is 1. The van der Waals surface area contributed by atoms with Crippen molar-refractivity contribution in [2.45, 2.75) is 44.7 Å². The number of amides is 1. The number of carbonyl (C=O) groups is 1. The van der Waals surface area contributed by atoms with Crippen LogP contribution in [0.2, 0.25) is 0 Å². The maximum Gasteiger partial charge on any atom is 0.254 e. The Balaban J connectivity index is 1.90. The van der Waals surface area contributed by atoms with Gasteiger partial charge in [0.1, 0.15) is 0 Å². The summed E-state index contributed by atoms with van der Waals surface area (Å²) in [5.41, 5.74) is 3.28. The van der Waals surface area contributed by atoms with Crippen molar-refractivity contribution in [1.29, 1.82) is 0 Å². The smallest absolute Gasteiger partial charge is 0.254 e. The lowest BCUT2D eigenvalue weighted by Crippen LogP contribution is -2.42. The van der Waals surface area contributed by atoms with Crippen molar-refractivity contribution in [1.82, 2.24) is 10.2 Å². The van der Waals surface area contributed by atoms with Crippen LogP contribution in [-0.4, -0.2) is 41.7 Å². The van der Waals surface area contributed by atoms with Gasteiger partial charge in [0, 0.05) is 18.7 Å². The standard InChI is InChI=1S/C17H24N2O2/c20-12-14-6-2-1-3-10-19(14)17(21)16-7-4-5-13-11-18-9-8-15(13)16/h4-5,7,14,18,20H,1-3,6,8-12H2. The molecule has 0 spiro atoms. The number of aliphatic hydroxyl groups is 1. The van der Waals surface area contributed by atoms with Gasteiger partial charge in [0.15, 0.2) is 0 Å². The number of hydrogen-bond donors (Lipinski definition) is 2. The minimum absolute atomic E-state index is 0.0161. The molecular weight excluding hydrogens is 264 g/mol. The third-order valence-electron chi connectivity index (χ3n) is 4.72. The van der Waals surface area contributed by atoms with Gasteiger partial charge in [-0.05, 0) is 43.0 Å². The summed E-state index contributed by atoms with van der Waals surface area (Å²) in [6.45, 7) is 2.62. The number of carbonyl (C=O) groups excluding carboxylic acids is 1. The van der Waals surface area contributed by atoms with Gasteiger partial charge in [0.05, 0.1) is 12.6 Å². The van der Waals surface area contributed by atoms with Gasteiger partial charge < -0.3 is 15.3 Å². The number of likely N-dealkylation sites (tertiary alicyclic amines) is 1. The number of hydrogen-bond acceptors (Lipinski definition) is 3. The van der Waals surface area contributed by atoms with E-state index in [-0.39, 0.29) is 18.6 Å². The van der Waals surface area contributed by atoms with Crippen molar-refractivity contribution in [3.8, 4) is 0 Å². The molecule has 2 heterocycles. The van der Waals surface area contributed by atoms with Crippen LogP contribution >= 0.6 is 0 Å². The van der Waals surface area contributed by atoms with Gasteiger partial charge in [0.2, 0.25) is 0 Å². The van der Waals surface area contributed by atoms with Crippen molar-refractivity contribution in [2.24, 2.45) is 0 Å². The molecule has 2 aliphatic rings. The van der Waals surface area contributed by atoms with E-state index in [2.05, 4.69) is 11.4 Å². The Kier molecular flexibility index (Phi) is 4.56. The second kappa shape index (κ2) is 6.58. The Morgan fingerprint density at radius 1 is 1.33 bits per heavy atom. The van der Waals surface area contributed by atoms with Gasteiger partial charge in [-0.1, -0.05) is 25.0 Å². The maximum absolute atomic E-state index is 13.0. The third kappa shape index (κ3) is 2.97. The Hall–Kier alpha value is -1.39. The number of benzene rings is 1. The zero-order valence-electron chi connectivity index (χ0n) is 12.5. The Bertz CT molecular complexity index is 516. The topological polar surface area (TPSA) is 52.6 Å². The molecule has 1 atom stereocenters. The maximum atomic E-state index is 13.0. The van der Waals surface area contributed by atoms with E-state index in [4.69, 9.17) is 0 Å². The van der Waals surface area contributed by atoms with Crippen LogP contribution in [0, 0.1) is 0 Å².